The fraction of sp³-hybridized carbons (Fsp3) is 0.765. The van der Waals surface area contributed by atoms with Crippen molar-refractivity contribution in [1.29, 1.82) is 0 Å². The summed E-state index contributed by atoms with van der Waals surface area (Å²) in [5, 5.41) is 3.53. The molecule has 2 aliphatic rings. The summed E-state index contributed by atoms with van der Waals surface area (Å²) in [5.41, 5.74) is 1.34. The smallest absolute Gasteiger partial charge is 0.143 e. The lowest BCUT2D eigenvalue weighted by molar-refractivity contribution is 0.630. The average Bonchev–Trinajstić information content (AvgIpc) is 3.19. The zero-order chi connectivity index (χ0) is 14.7. The lowest BCUT2D eigenvalue weighted by Crippen LogP contribution is -2.13. The molecule has 3 nitrogen and oxygen atoms in total. The topological polar surface area (TPSA) is 37.8 Å². The molecule has 0 saturated heterocycles. The molecule has 0 bridgehead atoms. The summed E-state index contributed by atoms with van der Waals surface area (Å²) < 4.78 is 1.27. The Morgan fingerprint density at radius 3 is 2.24 bits per heavy atom. The van der Waals surface area contributed by atoms with Gasteiger partial charge in [0.05, 0.1) is 9.26 Å². The number of halogens is 1. The van der Waals surface area contributed by atoms with E-state index in [-0.39, 0.29) is 0 Å². The Hall–Kier alpha value is -0.390. The largest absolute Gasteiger partial charge is 0.369 e. The second-order valence-electron chi connectivity index (χ2n) is 6.52. The molecular weight excluding hydrogens is 373 g/mol. The monoisotopic (exact) mass is 399 g/mol. The van der Waals surface area contributed by atoms with Crippen molar-refractivity contribution >= 4 is 28.4 Å². The molecule has 1 N–H and O–H groups in total. The van der Waals surface area contributed by atoms with Crippen molar-refractivity contribution in [3.8, 4) is 0 Å². The molecule has 0 amide bonds. The lowest BCUT2D eigenvalue weighted by atomic mass is 10.0. The van der Waals surface area contributed by atoms with E-state index in [0.29, 0.717) is 11.8 Å². The van der Waals surface area contributed by atoms with Crippen LogP contribution in [0.5, 0.6) is 0 Å². The Kier molecular flexibility index (Phi) is 5.35. The van der Waals surface area contributed by atoms with E-state index in [0.717, 1.165) is 24.6 Å². The maximum absolute atomic E-state index is 5.05. The van der Waals surface area contributed by atoms with Gasteiger partial charge in [-0.05, 0) is 54.7 Å². The van der Waals surface area contributed by atoms with Crippen LogP contribution < -0.4 is 5.32 Å². The van der Waals surface area contributed by atoms with Gasteiger partial charge in [-0.2, -0.15) is 0 Å². The first-order valence-corrected chi connectivity index (χ1v) is 9.68. The normalized spacial score (nSPS) is 20.3. The molecule has 0 aliphatic heterocycles. The summed E-state index contributed by atoms with van der Waals surface area (Å²) in [5.74, 6) is 3.48. The van der Waals surface area contributed by atoms with Crippen LogP contribution in [0.15, 0.2) is 0 Å². The Balaban J connectivity index is 1.93. The second kappa shape index (κ2) is 7.25. The standard InChI is InChI=1S/C17H26IN3/c1-2-11-19-17-14(18)15(12-7-3-4-8-12)20-16(21-17)13-9-5-6-10-13/h12-13H,2-11H2,1H3,(H,19,20,21). The summed E-state index contributed by atoms with van der Waals surface area (Å²) >= 11 is 2.46. The Bertz CT molecular complexity index is 477. The van der Waals surface area contributed by atoms with Gasteiger partial charge in [-0.15, -0.1) is 0 Å². The molecule has 2 aliphatic carbocycles. The van der Waals surface area contributed by atoms with E-state index in [2.05, 4.69) is 34.8 Å². The molecule has 3 rings (SSSR count). The van der Waals surface area contributed by atoms with E-state index in [4.69, 9.17) is 9.97 Å². The molecule has 21 heavy (non-hydrogen) atoms. The summed E-state index contributed by atoms with van der Waals surface area (Å²) in [4.78, 5) is 9.94. The Labute approximate surface area is 141 Å². The third-order valence-electron chi connectivity index (χ3n) is 4.90. The fourth-order valence-corrected chi connectivity index (χ4v) is 4.55. The van der Waals surface area contributed by atoms with E-state index in [1.54, 1.807) is 0 Å². The number of hydrogen-bond acceptors (Lipinski definition) is 3. The SMILES string of the molecule is CCCNc1nc(C2CCCC2)nc(C2CCCC2)c1I. The van der Waals surface area contributed by atoms with E-state index in [1.165, 1.54) is 60.6 Å². The van der Waals surface area contributed by atoms with Gasteiger partial charge in [0.2, 0.25) is 0 Å². The van der Waals surface area contributed by atoms with Gasteiger partial charge in [0.25, 0.3) is 0 Å². The van der Waals surface area contributed by atoms with Crippen molar-refractivity contribution in [2.45, 2.75) is 76.5 Å². The van der Waals surface area contributed by atoms with Gasteiger partial charge < -0.3 is 5.32 Å². The zero-order valence-electron chi connectivity index (χ0n) is 13.0. The lowest BCUT2D eigenvalue weighted by Gasteiger charge is -2.18. The highest BCUT2D eigenvalue weighted by Crippen LogP contribution is 2.39. The average molecular weight is 399 g/mol. The summed E-state index contributed by atoms with van der Waals surface area (Å²) in [6.45, 7) is 3.21. The minimum Gasteiger partial charge on any atom is -0.369 e. The maximum Gasteiger partial charge on any atom is 0.143 e. The molecule has 0 unspecified atom stereocenters. The molecule has 116 valence electrons. The molecule has 1 aromatic rings. The molecular formula is C17H26IN3. The quantitative estimate of drug-likeness (QED) is 0.690. The zero-order valence-corrected chi connectivity index (χ0v) is 15.2. The van der Waals surface area contributed by atoms with Crippen molar-refractivity contribution in [3.63, 3.8) is 0 Å². The van der Waals surface area contributed by atoms with Gasteiger partial charge in [-0.25, -0.2) is 9.97 Å². The van der Waals surface area contributed by atoms with Crippen molar-refractivity contribution in [3.05, 3.63) is 15.1 Å². The van der Waals surface area contributed by atoms with E-state index < -0.39 is 0 Å². The van der Waals surface area contributed by atoms with Crippen LogP contribution in [0.3, 0.4) is 0 Å². The highest BCUT2D eigenvalue weighted by molar-refractivity contribution is 14.1. The van der Waals surface area contributed by atoms with Crippen LogP contribution in [0.1, 0.15) is 88.1 Å². The maximum atomic E-state index is 5.05. The van der Waals surface area contributed by atoms with Gasteiger partial charge in [-0.1, -0.05) is 32.6 Å². The molecule has 0 aromatic carbocycles. The number of rotatable bonds is 5. The third kappa shape index (κ3) is 3.51. The minimum absolute atomic E-state index is 0.601. The predicted octanol–water partition coefficient (Wildman–Crippen LogP) is 5.22. The van der Waals surface area contributed by atoms with E-state index >= 15 is 0 Å². The molecule has 0 spiro atoms. The molecule has 1 aromatic heterocycles. The molecule has 0 atom stereocenters. The van der Waals surface area contributed by atoms with Crippen LogP contribution in [-0.2, 0) is 0 Å². The van der Waals surface area contributed by atoms with Gasteiger partial charge in [0.1, 0.15) is 11.6 Å². The number of nitrogens with one attached hydrogen (secondary N) is 1. The van der Waals surface area contributed by atoms with Gasteiger partial charge in [-0.3, -0.25) is 0 Å². The number of hydrogen-bond donors (Lipinski definition) is 1. The fourth-order valence-electron chi connectivity index (χ4n) is 3.68. The first kappa shape index (κ1) is 15.5. The van der Waals surface area contributed by atoms with Gasteiger partial charge in [0.15, 0.2) is 0 Å². The first-order valence-electron chi connectivity index (χ1n) is 8.60. The van der Waals surface area contributed by atoms with Crippen LogP contribution >= 0.6 is 22.6 Å². The van der Waals surface area contributed by atoms with E-state index in [9.17, 15) is 0 Å². The van der Waals surface area contributed by atoms with Gasteiger partial charge >= 0.3 is 0 Å². The van der Waals surface area contributed by atoms with Crippen LogP contribution in [0.25, 0.3) is 0 Å². The Morgan fingerprint density at radius 2 is 1.62 bits per heavy atom. The molecule has 1 heterocycles. The number of anilines is 1. The molecule has 0 radical (unpaired) electrons. The minimum atomic E-state index is 0.601. The highest BCUT2D eigenvalue weighted by Gasteiger charge is 2.27. The summed E-state index contributed by atoms with van der Waals surface area (Å²) in [7, 11) is 0. The summed E-state index contributed by atoms with van der Waals surface area (Å²) in [6, 6.07) is 0. The highest BCUT2D eigenvalue weighted by atomic mass is 127. The van der Waals surface area contributed by atoms with Crippen LogP contribution in [0.4, 0.5) is 5.82 Å². The molecule has 4 heteroatoms. The summed E-state index contributed by atoms with van der Waals surface area (Å²) in [6.07, 6.45) is 11.7. The second-order valence-corrected chi connectivity index (χ2v) is 7.60. The number of nitrogens with zero attached hydrogens (tertiary/aromatic N) is 2. The van der Waals surface area contributed by atoms with Crippen molar-refractivity contribution in [1.82, 2.24) is 9.97 Å². The van der Waals surface area contributed by atoms with Crippen LogP contribution in [-0.4, -0.2) is 16.5 Å². The number of aromatic nitrogens is 2. The predicted molar refractivity (Wildman–Crippen MR) is 95.9 cm³/mol. The molecule has 2 fully saturated rings. The Morgan fingerprint density at radius 1 is 1.00 bits per heavy atom. The van der Waals surface area contributed by atoms with E-state index in [1.807, 2.05) is 0 Å². The van der Waals surface area contributed by atoms with Crippen molar-refractivity contribution < 1.29 is 0 Å². The van der Waals surface area contributed by atoms with Crippen LogP contribution in [0.2, 0.25) is 0 Å². The molecule has 2 saturated carbocycles. The van der Waals surface area contributed by atoms with Crippen molar-refractivity contribution in [2.75, 3.05) is 11.9 Å². The first-order chi connectivity index (χ1) is 10.3. The van der Waals surface area contributed by atoms with Crippen molar-refractivity contribution in [2.24, 2.45) is 0 Å². The van der Waals surface area contributed by atoms with Crippen LogP contribution in [0, 0.1) is 3.57 Å². The third-order valence-corrected chi connectivity index (χ3v) is 5.96. The van der Waals surface area contributed by atoms with Gasteiger partial charge in [0, 0.05) is 18.4 Å².